The Morgan fingerprint density at radius 1 is 1.29 bits per heavy atom. The van der Waals surface area contributed by atoms with E-state index < -0.39 is 0 Å². The highest BCUT2D eigenvalue weighted by Gasteiger charge is 2.15. The molecule has 0 fully saturated rings. The molecule has 1 aromatic carbocycles. The van der Waals surface area contributed by atoms with Crippen molar-refractivity contribution in [3.8, 4) is 16.4 Å². The van der Waals surface area contributed by atoms with Crippen molar-refractivity contribution in [2.45, 2.75) is 20.8 Å². The lowest BCUT2D eigenvalue weighted by molar-refractivity contribution is -0.118. The van der Waals surface area contributed by atoms with Crippen LogP contribution in [0.4, 0.5) is 5.82 Å². The van der Waals surface area contributed by atoms with E-state index in [2.05, 4.69) is 15.4 Å². The molecule has 1 N–H and O–H groups in total. The molecule has 0 saturated carbocycles. The summed E-state index contributed by atoms with van der Waals surface area (Å²) >= 11 is 7.40. The number of thiazole rings is 1. The summed E-state index contributed by atoms with van der Waals surface area (Å²) in [5.41, 5.74) is 2.65. The number of hydrogen-bond donors (Lipinski definition) is 1. The monoisotopic (exact) mass is 360 g/mol. The summed E-state index contributed by atoms with van der Waals surface area (Å²) in [5.74, 6) is 0.475. The fraction of sp³-hybridized carbons (Fsp3) is 0.235. The van der Waals surface area contributed by atoms with E-state index in [0.717, 1.165) is 17.0 Å². The van der Waals surface area contributed by atoms with Crippen LogP contribution in [0.15, 0.2) is 35.7 Å². The smallest absolute Gasteiger partial charge is 0.228 e. The van der Waals surface area contributed by atoms with Gasteiger partial charge in [0.15, 0.2) is 0 Å². The molecule has 3 aromatic rings. The van der Waals surface area contributed by atoms with E-state index in [1.54, 1.807) is 4.68 Å². The minimum atomic E-state index is -0.102. The number of anilines is 1. The Kier molecular flexibility index (Phi) is 4.69. The van der Waals surface area contributed by atoms with E-state index in [1.807, 2.05) is 56.5 Å². The number of halogens is 1. The maximum absolute atomic E-state index is 12.0. The van der Waals surface area contributed by atoms with Crippen molar-refractivity contribution in [2.75, 3.05) is 5.32 Å². The van der Waals surface area contributed by atoms with E-state index in [9.17, 15) is 4.79 Å². The van der Waals surface area contributed by atoms with E-state index in [-0.39, 0.29) is 11.8 Å². The van der Waals surface area contributed by atoms with Crippen molar-refractivity contribution in [1.29, 1.82) is 0 Å². The number of amides is 1. The molecule has 3 rings (SSSR count). The van der Waals surface area contributed by atoms with Gasteiger partial charge < -0.3 is 5.32 Å². The van der Waals surface area contributed by atoms with Gasteiger partial charge in [0, 0.05) is 28.0 Å². The van der Waals surface area contributed by atoms with Gasteiger partial charge in [-0.1, -0.05) is 37.6 Å². The number of carbonyl (C=O) groups is 1. The van der Waals surface area contributed by atoms with Gasteiger partial charge in [-0.2, -0.15) is 9.78 Å². The number of nitrogens with zero attached hydrogens (tertiary/aromatic N) is 3. The van der Waals surface area contributed by atoms with Gasteiger partial charge in [-0.05, 0) is 19.1 Å². The summed E-state index contributed by atoms with van der Waals surface area (Å²) in [6.07, 6.45) is 0. The van der Waals surface area contributed by atoms with Gasteiger partial charge >= 0.3 is 0 Å². The molecule has 1 amide bonds. The largest absolute Gasteiger partial charge is 0.310 e. The van der Waals surface area contributed by atoms with E-state index >= 15 is 0 Å². The molecule has 5 nitrogen and oxygen atoms in total. The molecule has 2 heterocycles. The van der Waals surface area contributed by atoms with Crippen LogP contribution in [0.2, 0.25) is 5.02 Å². The van der Waals surface area contributed by atoms with Crippen LogP contribution in [0, 0.1) is 12.8 Å². The molecule has 0 aliphatic heterocycles. The zero-order valence-electron chi connectivity index (χ0n) is 13.6. The highest BCUT2D eigenvalue weighted by Crippen LogP contribution is 2.27. The third-order valence-electron chi connectivity index (χ3n) is 3.42. The molecule has 0 aliphatic rings. The first-order valence-corrected chi connectivity index (χ1v) is 8.79. The number of benzene rings is 1. The van der Waals surface area contributed by atoms with Crippen LogP contribution in [0.25, 0.3) is 16.4 Å². The standard InChI is InChI=1S/C17H17ClN4OS/c1-10(2)16(23)20-15-8-11(3)21-22(15)17-19-14(9-24-17)12-4-6-13(18)7-5-12/h4-10H,1-3H3,(H,20,23). The maximum atomic E-state index is 12.0. The molecule has 0 aliphatic carbocycles. The Bertz CT molecular complexity index is 867. The van der Waals surface area contributed by atoms with Crippen molar-refractivity contribution >= 4 is 34.7 Å². The fourth-order valence-corrected chi connectivity index (χ4v) is 3.04. The number of nitrogens with one attached hydrogen (secondary N) is 1. The minimum absolute atomic E-state index is 0.0503. The summed E-state index contributed by atoms with van der Waals surface area (Å²) < 4.78 is 1.67. The van der Waals surface area contributed by atoms with Crippen molar-refractivity contribution in [1.82, 2.24) is 14.8 Å². The topological polar surface area (TPSA) is 59.8 Å². The molecule has 0 bridgehead atoms. The number of rotatable bonds is 4. The minimum Gasteiger partial charge on any atom is -0.310 e. The van der Waals surface area contributed by atoms with E-state index in [0.29, 0.717) is 16.0 Å². The summed E-state index contributed by atoms with van der Waals surface area (Å²) in [6.45, 7) is 5.59. The molecule has 0 saturated heterocycles. The number of aromatic nitrogens is 3. The molecule has 7 heteroatoms. The van der Waals surface area contributed by atoms with Crippen LogP contribution in [0.5, 0.6) is 0 Å². The average molecular weight is 361 g/mol. The summed E-state index contributed by atoms with van der Waals surface area (Å²) in [6, 6.07) is 9.36. The molecule has 124 valence electrons. The Morgan fingerprint density at radius 2 is 2.00 bits per heavy atom. The lowest BCUT2D eigenvalue weighted by Gasteiger charge is -2.08. The molecular formula is C17H17ClN4OS. The van der Waals surface area contributed by atoms with Crippen molar-refractivity contribution in [3.63, 3.8) is 0 Å². The first-order valence-electron chi connectivity index (χ1n) is 7.53. The molecule has 24 heavy (non-hydrogen) atoms. The summed E-state index contributed by atoms with van der Waals surface area (Å²) in [4.78, 5) is 16.6. The summed E-state index contributed by atoms with van der Waals surface area (Å²) in [7, 11) is 0. The van der Waals surface area contributed by atoms with Crippen LogP contribution in [-0.4, -0.2) is 20.7 Å². The predicted octanol–water partition coefficient (Wildman–Crippen LogP) is 4.55. The first kappa shape index (κ1) is 16.7. The summed E-state index contributed by atoms with van der Waals surface area (Å²) in [5, 5.41) is 10.7. The SMILES string of the molecule is Cc1cc(NC(=O)C(C)C)n(-c2nc(-c3ccc(Cl)cc3)cs2)n1. The Labute approximate surface area is 149 Å². The zero-order valence-corrected chi connectivity index (χ0v) is 15.1. The fourth-order valence-electron chi connectivity index (χ4n) is 2.12. The van der Waals surface area contributed by atoms with Gasteiger partial charge in [-0.3, -0.25) is 4.79 Å². The van der Waals surface area contributed by atoms with Gasteiger partial charge in [0.2, 0.25) is 11.0 Å². The van der Waals surface area contributed by atoms with E-state index in [1.165, 1.54) is 11.3 Å². The number of carbonyl (C=O) groups excluding carboxylic acids is 1. The molecule has 0 atom stereocenters. The van der Waals surface area contributed by atoms with Crippen LogP contribution in [0.1, 0.15) is 19.5 Å². The quantitative estimate of drug-likeness (QED) is 0.742. The van der Waals surface area contributed by atoms with E-state index in [4.69, 9.17) is 11.6 Å². The highest BCUT2D eigenvalue weighted by molar-refractivity contribution is 7.12. The molecule has 0 unspecified atom stereocenters. The Morgan fingerprint density at radius 3 is 2.67 bits per heavy atom. The molecule has 0 spiro atoms. The lowest BCUT2D eigenvalue weighted by Crippen LogP contribution is -2.19. The van der Waals surface area contributed by atoms with Gasteiger partial charge in [0.25, 0.3) is 0 Å². The van der Waals surface area contributed by atoms with Crippen LogP contribution in [0.3, 0.4) is 0 Å². The van der Waals surface area contributed by atoms with Crippen molar-refractivity contribution in [2.24, 2.45) is 5.92 Å². The average Bonchev–Trinajstić information content (AvgIpc) is 3.14. The van der Waals surface area contributed by atoms with Crippen LogP contribution in [-0.2, 0) is 4.79 Å². The predicted molar refractivity (Wildman–Crippen MR) is 97.9 cm³/mol. The lowest BCUT2D eigenvalue weighted by atomic mass is 10.2. The van der Waals surface area contributed by atoms with Gasteiger partial charge in [0.1, 0.15) is 5.82 Å². The Hall–Kier alpha value is -2.18. The normalized spacial score (nSPS) is 11.0. The number of hydrogen-bond acceptors (Lipinski definition) is 4. The third kappa shape index (κ3) is 3.49. The zero-order chi connectivity index (χ0) is 17.3. The second-order valence-electron chi connectivity index (χ2n) is 5.75. The third-order valence-corrected chi connectivity index (χ3v) is 4.49. The molecular weight excluding hydrogens is 344 g/mol. The molecule has 2 aromatic heterocycles. The second kappa shape index (κ2) is 6.75. The Balaban J connectivity index is 1.93. The van der Waals surface area contributed by atoms with Crippen molar-refractivity contribution in [3.05, 3.63) is 46.4 Å². The highest BCUT2D eigenvalue weighted by atomic mass is 35.5. The second-order valence-corrected chi connectivity index (χ2v) is 7.02. The van der Waals surface area contributed by atoms with Gasteiger partial charge in [-0.25, -0.2) is 4.98 Å². The van der Waals surface area contributed by atoms with Crippen molar-refractivity contribution < 1.29 is 4.79 Å². The van der Waals surface area contributed by atoms with Gasteiger partial charge in [0.05, 0.1) is 11.4 Å². The van der Waals surface area contributed by atoms with Crippen LogP contribution >= 0.6 is 22.9 Å². The first-order chi connectivity index (χ1) is 11.4. The maximum Gasteiger partial charge on any atom is 0.228 e. The van der Waals surface area contributed by atoms with Crippen LogP contribution < -0.4 is 5.32 Å². The molecule has 0 radical (unpaired) electrons. The number of aryl methyl sites for hydroxylation is 1. The van der Waals surface area contributed by atoms with Gasteiger partial charge in [-0.15, -0.1) is 11.3 Å².